The van der Waals surface area contributed by atoms with Crippen LogP contribution in [0.2, 0.25) is 0 Å². The number of fused-ring (bicyclic) bond motifs is 1. The number of rotatable bonds is 6. The summed E-state index contributed by atoms with van der Waals surface area (Å²) in [5.41, 5.74) is 2.76. The molecule has 1 atom stereocenters. The second kappa shape index (κ2) is 7.51. The summed E-state index contributed by atoms with van der Waals surface area (Å²) >= 11 is 1.16. The van der Waals surface area contributed by atoms with Crippen molar-refractivity contribution in [2.75, 3.05) is 0 Å². The number of carbonyl (C=O) groups is 1. The Hall–Kier alpha value is -3.46. The number of benzene rings is 2. The van der Waals surface area contributed by atoms with Crippen LogP contribution < -0.4 is 0 Å². The maximum Gasteiger partial charge on any atom is 0.277 e. The highest BCUT2D eigenvalue weighted by atomic mass is 32.2. The highest BCUT2D eigenvalue weighted by Crippen LogP contribution is 2.31. The van der Waals surface area contributed by atoms with Crippen molar-refractivity contribution in [2.45, 2.75) is 24.3 Å². The van der Waals surface area contributed by atoms with Crippen molar-refractivity contribution in [1.29, 1.82) is 0 Å². The number of aromatic amines is 1. The van der Waals surface area contributed by atoms with Crippen LogP contribution in [0.4, 0.5) is 5.69 Å². The molecular formula is C20H16N4O4S. The molecule has 0 aliphatic carbocycles. The number of nitro benzene ring substituents is 1. The Labute approximate surface area is 169 Å². The normalized spacial score (nSPS) is 12.2. The Morgan fingerprint density at radius 1 is 1.21 bits per heavy atom. The molecule has 4 aromatic rings. The van der Waals surface area contributed by atoms with E-state index in [1.165, 1.54) is 12.1 Å². The fourth-order valence-electron chi connectivity index (χ4n) is 3.13. The Morgan fingerprint density at radius 3 is 2.79 bits per heavy atom. The molecule has 0 saturated carbocycles. The smallest absolute Gasteiger partial charge is 0.277 e. The second-order valence-electron chi connectivity index (χ2n) is 6.48. The molecule has 2 aromatic heterocycles. The van der Waals surface area contributed by atoms with E-state index in [0.717, 1.165) is 28.4 Å². The molecule has 0 fully saturated rings. The number of ketones is 1. The first kappa shape index (κ1) is 18.9. The number of hydrogen-bond acceptors (Lipinski definition) is 7. The summed E-state index contributed by atoms with van der Waals surface area (Å²) in [5.74, 6) is 0.124. The molecule has 0 bridgehead atoms. The van der Waals surface area contributed by atoms with Gasteiger partial charge in [-0.25, -0.2) is 0 Å². The third-order valence-electron chi connectivity index (χ3n) is 4.50. The minimum absolute atomic E-state index is 0.0416. The fourth-order valence-corrected chi connectivity index (χ4v) is 3.87. The van der Waals surface area contributed by atoms with Crippen molar-refractivity contribution in [1.82, 2.24) is 15.2 Å². The lowest BCUT2D eigenvalue weighted by molar-refractivity contribution is -0.384. The van der Waals surface area contributed by atoms with Gasteiger partial charge in [0.2, 0.25) is 5.89 Å². The first-order chi connectivity index (χ1) is 13.9. The summed E-state index contributed by atoms with van der Waals surface area (Å²) in [4.78, 5) is 26.7. The molecule has 0 unspecified atom stereocenters. The van der Waals surface area contributed by atoms with E-state index < -0.39 is 10.2 Å². The van der Waals surface area contributed by atoms with Crippen molar-refractivity contribution in [3.8, 4) is 11.5 Å². The number of aromatic nitrogens is 3. The molecule has 0 radical (unpaired) electrons. The Morgan fingerprint density at radius 2 is 2.00 bits per heavy atom. The summed E-state index contributed by atoms with van der Waals surface area (Å²) in [6, 6.07) is 13.6. The molecule has 0 spiro atoms. The molecule has 0 aliphatic heterocycles. The monoisotopic (exact) mass is 408 g/mol. The average molecular weight is 408 g/mol. The largest absolute Gasteiger partial charge is 0.411 e. The zero-order valence-corrected chi connectivity index (χ0v) is 16.4. The van der Waals surface area contributed by atoms with Gasteiger partial charge in [0.25, 0.3) is 10.9 Å². The van der Waals surface area contributed by atoms with Gasteiger partial charge in [0.1, 0.15) is 0 Å². The van der Waals surface area contributed by atoms with Crippen molar-refractivity contribution in [3.05, 3.63) is 69.9 Å². The summed E-state index contributed by atoms with van der Waals surface area (Å²) in [5, 5.41) is 19.5. The molecule has 9 heteroatoms. The Kier molecular flexibility index (Phi) is 4.89. The third kappa shape index (κ3) is 3.64. The van der Waals surface area contributed by atoms with E-state index in [1.54, 1.807) is 19.1 Å². The average Bonchev–Trinajstić information content (AvgIpc) is 3.31. The lowest BCUT2D eigenvalue weighted by atomic mass is 10.1. The van der Waals surface area contributed by atoms with E-state index in [0.29, 0.717) is 11.1 Å². The van der Waals surface area contributed by atoms with E-state index in [2.05, 4.69) is 15.2 Å². The summed E-state index contributed by atoms with van der Waals surface area (Å²) in [7, 11) is 0. The number of aryl methyl sites for hydroxylation is 1. The van der Waals surface area contributed by atoms with Crippen LogP contribution in [-0.4, -0.2) is 31.1 Å². The molecule has 0 aliphatic rings. The van der Waals surface area contributed by atoms with Crippen molar-refractivity contribution >= 4 is 34.1 Å². The standard InChI is InChI=1S/C20H16N4O4S/c1-11-17(15-8-3-4-9-16(15)21-11)18(25)12(2)29-20-23-22-19(28-20)13-6-5-7-14(10-13)24(26)27/h3-10,12,21H,1-2H3/t12-/m0/s1. The molecule has 1 N–H and O–H groups in total. The maximum absolute atomic E-state index is 13.0. The van der Waals surface area contributed by atoms with Crippen LogP contribution in [0.5, 0.6) is 0 Å². The van der Waals surface area contributed by atoms with Crippen LogP contribution in [0.3, 0.4) is 0 Å². The van der Waals surface area contributed by atoms with Gasteiger partial charge < -0.3 is 9.40 Å². The number of nitro groups is 1. The lowest BCUT2D eigenvalue weighted by Crippen LogP contribution is -2.14. The SMILES string of the molecule is Cc1[nH]c2ccccc2c1C(=O)[C@H](C)Sc1nnc(-c2cccc([N+](=O)[O-])c2)o1. The number of nitrogens with zero attached hydrogens (tertiary/aromatic N) is 3. The van der Waals surface area contributed by atoms with Crippen molar-refractivity contribution in [3.63, 3.8) is 0 Å². The summed E-state index contributed by atoms with van der Waals surface area (Å²) < 4.78 is 5.62. The van der Waals surface area contributed by atoms with Crippen LogP contribution in [-0.2, 0) is 0 Å². The van der Waals surface area contributed by atoms with E-state index in [-0.39, 0.29) is 22.6 Å². The molecular weight excluding hydrogens is 392 g/mol. The number of Topliss-reactive ketones (excluding diaryl/α,β-unsaturated/α-hetero) is 1. The zero-order chi connectivity index (χ0) is 20.5. The van der Waals surface area contributed by atoms with E-state index in [9.17, 15) is 14.9 Å². The van der Waals surface area contributed by atoms with Crippen LogP contribution >= 0.6 is 11.8 Å². The number of hydrogen-bond donors (Lipinski definition) is 1. The number of nitrogens with one attached hydrogen (secondary N) is 1. The number of carbonyl (C=O) groups excluding carboxylic acids is 1. The van der Waals surface area contributed by atoms with E-state index in [1.807, 2.05) is 31.2 Å². The number of thioether (sulfide) groups is 1. The Bertz CT molecular complexity index is 1230. The highest BCUT2D eigenvalue weighted by Gasteiger charge is 2.24. The van der Waals surface area contributed by atoms with Gasteiger partial charge in [0, 0.05) is 39.9 Å². The molecule has 146 valence electrons. The topological polar surface area (TPSA) is 115 Å². The van der Waals surface area contributed by atoms with Gasteiger partial charge in [-0.3, -0.25) is 14.9 Å². The van der Waals surface area contributed by atoms with E-state index >= 15 is 0 Å². The molecule has 8 nitrogen and oxygen atoms in total. The summed E-state index contributed by atoms with van der Waals surface area (Å²) in [6.07, 6.45) is 0. The van der Waals surface area contributed by atoms with Crippen molar-refractivity contribution < 1.29 is 14.1 Å². The molecule has 2 aromatic carbocycles. The molecule has 29 heavy (non-hydrogen) atoms. The van der Waals surface area contributed by atoms with Gasteiger partial charge in [0.05, 0.1) is 10.2 Å². The molecule has 0 amide bonds. The first-order valence-corrected chi connectivity index (χ1v) is 9.68. The van der Waals surface area contributed by atoms with Gasteiger partial charge in [-0.15, -0.1) is 10.2 Å². The van der Waals surface area contributed by atoms with Crippen molar-refractivity contribution in [2.24, 2.45) is 0 Å². The van der Waals surface area contributed by atoms with Gasteiger partial charge in [-0.1, -0.05) is 36.0 Å². The number of H-pyrrole nitrogens is 1. The molecule has 2 heterocycles. The quantitative estimate of drug-likeness (QED) is 0.211. The van der Waals surface area contributed by atoms with Crippen LogP contribution in [0, 0.1) is 17.0 Å². The van der Waals surface area contributed by atoms with Crippen LogP contribution in [0.15, 0.2) is 58.2 Å². The third-order valence-corrected chi connectivity index (χ3v) is 5.43. The van der Waals surface area contributed by atoms with Gasteiger partial charge >= 0.3 is 0 Å². The molecule has 4 rings (SSSR count). The predicted molar refractivity (Wildman–Crippen MR) is 109 cm³/mol. The van der Waals surface area contributed by atoms with Crippen LogP contribution in [0.1, 0.15) is 23.0 Å². The minimum atomic E-state index is -0.486. The van der Waals surface area contributed by atoms with Crippen LogP contribution in [0.25, 0.3) is 22.4 Å². The Balaban J connectivity index is 1.55. The number of non-ortho nitro benzene ring substituents is 1. The zero-order valence-electron chi connectivity index (χ0n) is 15.6. The number of para-hydroxylation sites is 1. The second-order valence-corrected chi connectivity index (χ2v) is 7.77. The maximum atomic E-state index is 13.0. The fraction of sp³-hybridized carbons (Fsp3) is 0.150. The minimum Gasteiger partial charge on any atom is -0.411 e. The van der Waals surface area contributed by atoms with Gasteiger partial charge in [0.15, 0.2) is 5.78 Å². The van der Waals surface area contributed by atoms with Gasteiger partial charge in [-0.05, 0) is 26.0 Å². The van der Waals surface area contributed by atoms with Gasteiger partial charge in [-0.2, -0.15) is 0 Å². The van der Waals surface area contributed by atoms with E-state index in [4.69, 9.17) is 4.42 Å². The molecule has 0 saturated heterocycles. The highest BCUT2D eigenvalue weighted by molar-refractivity contribution is 8.00. The predicted octanol–water partition coefficient (Wildman–Crippen LogP) is 4.80. The first-order valence-electron chi connectivity index (χ1n) is 8.80. The lowest BCUT2D eigenvalue weighted by Gasteiger charge is -2.07. The summed E-state index contributed by atoms with van der Waals surface area (Å²) in [6.45, 7) is 3.66.